The van der Waals surface area contributed by atoms with E-state index >= 15 is 0 Å². The number of nitrogens with one attached hydrogen (secondary N) is 3. The summed E-state index contributed by atoms with van der Waals surface area (Å²) in [6, 6.07) is 3.89. The van der Waals surface area contributed by atoms with Crippen LogP contribution in [0.1, 0.15) is 43.4 Å². The van der Waals surface area contributed by atoms with Gasteiger partial charge in [-0.25, -0.2) is 4.79 Å². The molecule has 5 nitrogen and oxygen atoms in total. The summed E-state index contributed by atoms with van der Waals surface area (Å²) in [5, 5.41) is 6.11. The van der Waals surface area contributed by atoms with Gasteiger partial charge in [0.1, 0.15) is 0 Å². The second kappa shape index (κ2) is 5.69. The molecule has 0 spiro atoms. The van der Waals surface area contributed by atoms with Gasteiger partial charge in [0.2, 0.25) is 5.56 Å². The lowest BCUT2D eigenvalue weighted by atomic mass is 9.92. The average Bonchev–Trinajstić information content (AvgIpc) is 2.91. The number of pyridine rings is 1. The molecule has 5 heteroatoms. The molecule has 3 N–H and O–H groups in total. The SMILES string of the molecule is O=C(NC1CCCC1)N[C@H]1CCc2[nH]c(=O)ccc2C1. The topological polar surface area (TPSA) is 74.0 Å². The van der Waals surface area contributed by atoms with Crippen molar-refractivity contribution in [3.8, 4) is 0 Å². The fourth-order valence-corrected chi connectivity index (χ4v) is 3.25. The number of H-pyrrole nitrogens is 1. The Balaban J connectivity index is 1.55. The molecule has 1 fully saturated rings. The normalized spacial score (nSPS) is 22.3. The van der Waals surface area contributed by atoms with Crippen LogP contribution in [0.5, 0.6) is 0 Å². The molecule has 1 heterocycles. The van der Waals surface area contributed by atoms with E-state index in [1.807, 2.05) is 6.07 Å². The number of carbonyl (C=O) groups excluding carboxylic acids is 1. The number of amides is 2. The molecule has 0 saturated heterocycles. The minimum atomic E-state index is -0.0471. The summed E-state index contributed by atoms with van der Waals surface area (Å²) in [5.74, 6) is 0. The molecule has 2 aliphatic carbocycles. The molecule has 2 aliphatic rings. The van der Waals surface area contributed by atoms with Crippen LogP contribution >= 0.6 is 0 Å². The number of carbonyl (C=O) groups is 1. The lowest BCUT2D eigenvalue weighted by Crippen LogP contribution is -2.47. The Morgan fingerprint density at radius 2 is 1.85 bits per heavy atom. The predicted molar refractivity (Wildman–Crippen MR) is 76.8 cm³/mol. The summed E-state index contributed by atoms with van der Waals surface area (Å²) >= 11 is 0. The summed E-state index contributed by atoms with van der Waals surface area (Å²) in [4.78, 5) is 26.1. The van der Waals surface area contributed by atoms with Crippen molar-refractivity contribution in [1.29, 1.82) is 0 Å². The predicted octanol–water partition coefficient (Wildman–Crippen LogP) is 1.47. The van der Waals surface area contributed by atoms with E-state index in [1.54, 1.807) is 6.07 Å². The average molecular weight is 275 g/mol. The number of urea groups is 1. The maximum Gasteiger partial charge on any atom is 0.315 e. The number of aryl methyl sites for hydroxylation is 1. The van der Waals surface area contributed by atoms with Crippen LogP contribution in [0.2, 0.25) is 0 Å². The van der Waals surface area contributed by atoms with Crippen molar-refractivity contribution in [3.05, 3.63) is 33.7 Å². The molecule has 20 heavy (non-hydrogen) atoms. The van der Waals surface area contributed by atoms with Crippen molar-refractivity contribution >= 4 is 6.03 Å². The van der Waals surface area contributed by atoms with Crippen molar-refractivity contribution < 1.29 is 4.79 Å². The maximum atomic E-state index is 12.0. The lowest BCUT2D eigenvalue weighted by molar-refractivity contribution is 0.231. The van der Waals surface area contributed by atoms with Crippen molar-refractivity contribution in [2.45, 2.75) is 57.0 Å². The number of aromatic nitrogens is 1. The van der Waals surface area contributed by atoms with Crippen LogP contribution in [0.3, 0.4) is 0 Å². The van der Waals surface area contributed by atoms with Gasteiger partial charge in [-0.15, -0.1) is 0 Å². The molecule has 1 aromatic heterocycles. The highest BCUT2D eigenvalue weighted by Crippen LogP contribution is 2.19. The van der Waals surface area contributed by atoms with Crippen molar-refractivity contribution in [2.75, 3.05) is 0 Å². The van der Waals surface area contributed by atoms with E-state index in [4.69, 9.17) is 0 Å². The number of hydrogen-bond acceptors (Lipinski definition) is 2. The number of aromatic amines is 1. The Labute approximate surface area is 118 Å². The maximum absolute atomic E-state index is 12.0. The van der Waals surface area contributed by atoms with Crippen molar-refractivity contribution in [3.63, 3.8) is 0 Å². The second-order valence-corrected chi connectivity index (χ2v) is 5.87. The Kier molecular flexibility index (Phi) is 3.76. The first-order chi connectivity index (χ1) is 9.70. The number of fused-ring (bicyclic) bond motifs is 1. The van der Waals surface area contributed by atoms with Gasteiger partial charge in [-0.05, 0) is 37.7 Å². The van der Waals surface area contributed by atoms with Crippen molar-refractivity contribution in [2.24, 2.45) is 0 Å². The molecule has 3 rings (SSSR count). The summed E-state index contributed by atoms with van der Waals surface area (Å²) in [5.41, 5.74) is 2.11. The van der Waals surface area contributed by atoms with Crippen LogP contribution in [0.25, 0.3) is 0 Å². The summed E-state index contributed by atoms with van der Waals surface area (Å²) in [6.07, 6.45) is 7.13. The standard InChI is InChI=1S/C15H21N3O2/c19-14-8-5-10-9-12(6-7-13(10)18-14)17-15(20)16-11-3-1-2-4-11/h5,8,11-12H,1-4,6-7,9H2,(H,18,19)(H2,16,17,20)/t12-/m0/s1. The van der Waals surface area contributed by atoms with Crippen LogP contribution in [0.15, 0.2) is 16.9 Å². The zero-order valence-electron chi connectivity index (χ0n) is 11.6. The van der Waals surface area contributed by atoms with E-state index in [-0.39, 0.29) is 17.6 Å². The molecule has 0 bridgehead atoms. The minimum absolute atomic E-state index is 0.0465. The van der Waals surface area contributed by atoms with Gasteiger partial charge in [0, 0.05) is 23.8 Å². The summed E-state index contributed by atoms with van der Waals surface area (Å²) in [7, 11) is 0. The Bertz CT molecular complexity index is 546. The fourth-order valence-electron chi connectivity index (χ4n) is 3.25. The van der Waals surface area contributed by atoms with E-state index in [0.29, 0.717) is 6.04 Å². The van der Waals surface area contributed by atoms with Crippen LogP contribution in [0.4, 0.5) is 4.79 Å². The summed E-state index contributed by atoms with van der Waals surface area (Å²) in [6.45, 7) is 0. The lowest BCUT2D eigenvalue weighted by Gasteiger charge is -2.26. The highest BCUT2D eigenvalue weighted by atomic mass is 16.2. The van der Waals surface area contributed by atoms with E-state index in [0.717, 1.165) is 43.4 Å². The molecule has 108 valence electrons. The third-order valence-corrected chi connectivity index (χ3v) is 4.33. The van der Waals surface area contributed by atoms with E-state index in [1.165, 1.54) is 12.8 Å². The van der Waals surface area contributed by atoms with Gasteiger partial charge in [0.15, 0.2) is 0 Å². The number of hydrogen-bond donors (Lipinski definition) is 3. The third-order valence-electron chi connectivity index (χ3n) is 4.33. The van der Waals surface area contributed by atoms with Gasteiger partial charge >= 0.3 is 6.03 Å². The molecule has 2 amide bonds. The molecule has 0 unspecified atom stereocenters. The largest absolute Gasteiger partial charge is 0.335 e. The van der Waals surface area contributed by atoms with E-state index in [9.17, 15) is 9.59 Å². The van der Waals surface area contributed by atoms with Gasteiger partial charge < -0.3 is 15.6 Å². The van der Waals surface area contributed by atoms with Gasteiger partial charge in [-0.3, -0.25) is 4.79 Å². The quantitative estimate of drug-likeness (QED) is 0.764. The van der Waals surface area contributed by atoms with Crippen LogP contribution < -0.4 is 16.2 Å². The highest BCUT2D eigenvalue weighted by Gasteiger charge is 2.22. The molecule has 1 saturated carbocycles. The smallest absolute Gasteiger partial charge is 0.315 e. The molecule has 0 radical (unpaired) electrons. The highest BCUT2D eigenvalue weighted by molar-refractivity contribution is 5.74. The molecule has 0 aliphatic heterocycles. The fraction of sp³-hybridized carbons (Fsp3) is 0.600. The van der Waals surface area contributed by atoms with Crippen LogP contribution in [-0.4, -0.2) is 23.1 Å². The van der Waals surface area contributed by atoms with Gasteiger partial charge in [-0.2, -0.15) is 0 Å². The Hall–Kier alpha value is -1.78. The minimum Gasteiger partial charge on any atom is -0.335 e. The first-order valence-electron chi connectivity index (χ1n) is 7.49. The van der Waals surface area contributed by atoms with Crippen molar-refractivity contribution in [1.82, 2.24) is 15.6 Å². The Morgan fingerprint density at radius 3 is 2.65 bits per heavy atom. The summed E-state index contributed by atoms with van der Waals surface area (Å²) < 4.78 is 0. The first kappa shape index (κ1) is 13.2. The first-order valence-corrected chi connectivity index (χ1v) is 7.49. The molecule has 1 atom stereocenters. The van der Waals surface area contributed by atoms with Gasteiger partial charge in [0.05, 0.1) is 0 Å². The third kappa shape index (κ3) is 3.03. The zero-order chi connectivity index (χ0) is 13.9. The molecule has 1 aromatic rings. The van der Waals surface area contributed by atoms with E-state index in [2.05, 4.69) is 15.6 Å². The van der Waals surface area contributed by atoms with Gasteiger partial charge in [-0.1, -0.05) is 18.9 Å². The second-order valence-electron chi connectivity index (χ2n) is 5.87. The zero-order valence-corrected chi connectivity index (χ0v) is 11.6. The van der Waals surface area contributed by atoms with Crippen LogP contribution in [-0.2, 0) is 12.8 Å². The Morgan fingerprint density at radius 1 is 1.10 bits per heavy atom. The van der Waals surface area contributed by atoms with Gasteiger partial charge in [0.25, 0.3) is 0 Å². The number of rotatable bonds is 2. The monoisotopic (exact) mass is 275 g/mol. The molecular formula is C15H21N3O2. The molecular weight excluding hydrogens is 254 g/mol. The van der Waals surface area contributed by atoms with E-state index < -0.39 is 0 Å². The van der Waals surface area contributed by atoms with Crippen LogP contribution in [0, 0.1) is 0 Å². The molecule has 0 aromatic carbocycles.